The Morgan fingerprint density at radius 2 is 1.90 bits per heavy atom. The highest BCUT2D eigenvalue weighted by atomic mass is 16.2. The van der Waals surface area contributed by atoms with Gasteiger partial charge in [-0.15, -0.1) is 0 Å². The van der Waals surface area contributed by atoms with E-state index in [0.29, 0.717) is 0 Å². The standard InChI is InChI=1S/C14H21N5O/c20-13(12-4-1-2-5-15-12)18-8-10-19(11-9-18)14-16-6-3-7-17-14/h3,6-7,12,15H,1-2,4-5,8-11H2/t12-/m0/s1. The molecule has 3 heterocycles. The van der Waals surface area contributed by atoms with E-state index in [4.69, 9.17) is 0 Å². The zero-order valence-corrected chi connectivity index (χ0v) is 11.7. The number of piperidine rings is 1. The van der Waals surface area contributed by atoms with Crippen molar-refractivity contribution in [1.82, 2.24) is 20.2 Å². The van der Waals surface area contributed by atoms with Crippen LogP contribution in [-0.4, -0.2) is 59.5 Å². The molecule has 0 saturated carbocycles. The second-order valence-corrected chi connectivity index (χ2v) is 5.36. The zero-order valence-electron chi connectivity index (χ0n) is 11.7. The van der Waals surface area contributed by atoms with Gasteiger partial charge in [-0.25, -0.2) is 9.97 Å². The van der Waals surface area contributed by atoms with Gasteiger partial charge in [-0.3, -0.25) is 4.79 Å². The molecule has 2 saturated heterocycles. The van der Waals surface area contributed by atoms with Crippen molar-refractivity contribution in [2.45, 2.75) is 25.3 Å². The number of carbonyl (C=O) groups excluding carboxylic acids is 1. The van der Waals surface area contributed by atoms with Gasteiger partial charge in [-0.05, 0) is 25.5 Å². The van der Waals surface area contributed by atoms with Crippen molar-refractivity contribution in [3.63, 3.8) is 0 Å². The highest BCUT2D eigenvalue weighted by molar-refractivity contribution is 5.82. The van der Waals surface area contributed by atoms with Crippen LogP contribution in [0.2, 0.25) is 0 Å². The Bertz CT molecular complexity index is 438. The van der Waals surface area contributed by atoms with Gasteiger partial charge in [0.2, 0.25) is 11.9 Å². The summed E-state index contributed by atoms with van der Waals surface area (Å²) in [5.74, 6) is 1.02. The van der Waals surface area contributed by atoms with Gasteiger partial charge < -0.3 is 15.1 Å². The van der Waals surface area contributed by atoms with Crippen molar-refractivity contribution >= 4 is 11.9 Å². The van der Waals surface area contributed by atoms with Crippen LogP contribution in [0.25, 0.3) is 0 Å². The van der Waals surface area contributed by atoms with Crippen molar-refractivity contribution in [1.29, 1.82) is 0 Å². The molecule has 2 aliphatic heterocycles. The molecule has 1 amide bonds. The Hall–Kier alpha value is -1.69. The maximum Gasteiger partial charge on any atom is 0.239 e. The molecule has 0 radical (unpaired) electrons. The summed E-state index contributed by atoms with van der Waals surface area (Å²) < 4.78 is 0. The Balaban J connectivity index is 1.54. The summed E-state index contributed by atoms with van der Waals surface area (Å²) >= 11 is 0. The first-order valence-electron chi connectivity index (χ1n) is 7.39. The maximum absolute atomic E-state index is 12.4. The molecule has 0 aliphatic carbocycles. The van der Waals surface area contributed by atoms with Gasteiger partial charge in [-0.2, -0.15) is 0 Å². The van der Waals surface area contributed by atoms with Crippen LogP contribution in [-0.2, 0) is 4.79 Å². The molecule has 1 atom stereocenters. The first kappa shape index (κ1) is 13.3. The van der Waals surface area contributed by atoms with Crippen molar-refractivity contribution in [2.24, 2.45) is 0 Å². The molecule has 2 aliphatic rings. The average Bonchev–Trinajstić information content (AvgIpc) is 2.56. The third-order valence-electron chi connectivity index (χ3n) is 4.03. The lowest BCUT2D eigenvalue weighted by Crippen LogP contribution is -2.55. The van der Waals surface area contributed by atoms with E-state index in [1.54, 1.807) is 12.4 Å². The molecule has 1 aromatic heterocycles. The lowest BCUT2D eigenvalue weighted by atomic mass is 10.0. The minimum absolute atomic E-state index is 0.0308. The number of anilines is 1. The summed E-state index contributed by atoms with van der Waals surface area (Å²) in [6, 6.07) is 1.85. The van der Waals surface area contributed by atoms with E-state index in [-0.39, 0.29) is 11.9 Å². The van der Waals surface area contributed by atoms with Crippen LogP contribution in [0.1, 0.15) is 19.3 Å². The summed E-state index contributed by atoms with van der Waals surface area (Å²) in [6.45, 7) is 4.10. The first-order chi connectivity index (χ1) is 9.84. The normalized spacial score (nSPS) is 23.7. The molecule has 1 N–H and O–H groups in total. The highest BCUT2D eigenvalue weighted by Gasteiger charge is 2.28. The van der Waals surface area contributed by atoms with Crippen molar-refractivity contribution in [3.05, 3.63) is 18.5 Å². The summed E-state index contributed by atoms with van der Waals surface area (Å²) in [5, 5.41) is 3.33. The zero-order chi connectivity index (χ0) is 13.8. The number of carbonyl (C=O) groups is 1. The fraction of sp³-hybridized carbons (Fsp3) is 0.643. The summed E-state index contributed by atoms with van der Waals surface area (Å²) in [6.07, 6.45) is 6.82. The van der Waals surface area contributed by atoms with E-state index in [0.717, 1.165) is 51.5 Å². The summed E-state index contributed by atoms with van der Waals surface area (Å²) in [4.78, 5) is 25.0. The Labute approximate surface area is 119 Å². The van der Waals surface area contributed by atoms with Crippen LogP contribution in [0.4, 0.5) is 5.95 Å². The lowest BCUT2D eigenvalue weighted by molar-refractivity contribution is -0.134. The van der Waals surface area contributed by atoms with Gasteiger partial charge >= 0.3 is 0 Å². The Morgan fingerprint density at radius 1 is 1.15 bits per heavy atom. The van der Waals surface area contributed by atoms with E-state index >= 15 is 0 Å². The molecular weight excluding hydrogens is 254 g/mol. The van der Waals surface area contributed by atoms with Gasteiger partial charge in [0, 0.05) is 38.6 Å². The number of hydrogen-bond donors (Lipinski definition) is 1. The molecule has 2 fully saturated rings. The first-order valence-corrected chi connectivity index (χ1v) is 7.39. The van der Waals surface area contributed by atoms with Crippen LogP contribution in [0.15, 0.2) is 18.5 Å². The van der Waals surface area contributed by atoms with Gasteiger partial charge in [0.15, 0.2) is 0 Å². The molecular formula is C14H21N5O. The van der Waals surface area contributed by atoms with Crippen LogP contribution in [0, 0.1) is 0 Å². The van der Waals surface area contributed by atoms with E-state index in [9.17, 15) is 4.79 Å². The second-order valence-electron chi connectivity index (χ2n) is 5.36. The summed E-state index contributed by atoms with van der Waals surface area (Å²) in [7, 11) is 0. The molecule has 6 heteroatoms. The van der Waals surface area contributed by atoms with Crippen LogP contribution < -0.4 is 10.2 Å². The van der Waals surface area contributed by atoms with Gasteiger partial charge in [0.05, 0.1) is 6.04 Å². The van der Waals surface area contributed by atoms with E-state index in [1.165, 1.54) is 6.42 Å². The molecule has 0 unspecified atom stereocenters. The number of amides is 1. The van der Waals surface area contributed by atoms with Gasteiger partial charge in [0.1, 0.15) is 0 Å². The van der Waals surface area contributed by atoms with Crippen molar-refractivity contribution in [2.75, 3.05) is 37.6 Å². The van der Waals surface area contributed by atoms with E-state index in [2.05, 4.69) is 20.2 Å². The summed E-state index contributed by atoms with van der Waals surface area (Å²) in [5.41, 5.74) is 0. The number of aromatic nitrogens is 2. The molecule has 108 valence electrons. The number of nitrogens with zero attached hydrogens (tertiary/aromatic N) is 4. The smallest absolute Gasteiger partial charge is 0.239 e. The third-order valence-corrected chi connectivity index (χ3v) is 4.03. The maximum atomic E-state index is 12.4. The fourth-order valence-corrected chi connectivity index (χ4v) is 2.86. The predicted molar refractivity (Wildman–Crippen MR) is 76.5 cm³/mol. The Kier molecular flexibility index (Phi) is 4.11. The van der Waals surface area contributed by atoms with Crippen LogP contribution >= 0.6 is 0 Å². The van der Waals surface area contributed by atoms with Gasteiger partial charge in [0.25, 0.3) is 0 Å². The number of nitrogens with one attached hydrogen (secondary N) is 1. The second kappa shape index (κ2) is 6.17. The van der Waals surface area contributed by atoms with Crippen molar-refractivity contribution in [3.8, 4) is 0 Å². The number of piperazine rings is 1. The average molecular weight is 275 g/mol. The molecule has 6 nitrogen and oxygen atoms in total. The number of hydrogen-bond acceptors (Lipinski definition) is 5. The van der Waals surface area contributed by atoms with E-state index < -0.39 is 0 Å². The van der Waals surface area contributed by atoms with Gasteiger partial charge in [-0.1, -0.05) is 6.42 Å². The lowest BCUT2D eigenvalue weighted by Gasteiger charge is -2.37. The Morgan fingerprint density at radius 3 is 2.55 bits per heavy atom. The molecule has 1 aromatic rings. The minimum Gasteiger partial charge on any atom is -0.338 e. The quantitative estimate of drug-likeness (QED) is 0.839. The molecule has 0 spiro atoms. The van der Waals surface area contributed by atoms with E-state index in [1.807, 2.05) is 11.0 Å². The highest BCUT2D eigenvalue weighted by Crippen LogP contribution is 2.14. The van der Waals surface area contributed by atoms with Crippen LogP contribution in [0.3, 0.4) is 0 Å². The molecule has 3 rings (SSSR count). The number of rotatable bonds is 2. The third kappa shape index (κ3) is 2.90. The minimum atomic E-state index is 0.0308. The fourth-order valence-electron chi connectivity index (χ4n) is 2.86. The molecule has 0 bridgehead atoms. The van der Waals surface area contributed by atoms with Crippen LogP contribution in [0.5, 0.6) is 0 Å². The molecule has 0 aromatic carbocycles. The molecule has 20 heavy (non-hydrogen) atoms. The SMILES string of the molecule is O=C([C@@H]1CCCCN1)N1CCN(c2ncccn2)CC1. The monoisotopic (exact) mass is 275 g/mol. The van der Waals surface area contributed by atoms with Crippen molar-refractivity contribution < 1.29 is 4.79 Å². The topological polar surface area (TPSA) is 61.4 Å². The largest absolute Gasteiger partial charge is 0.338 e. The predicted octanol–water partition coefficient (Wildman–Crippen LogP) is 0.267.